The molecule has 0 spiro atoms. The van der Waals surface area contributed by atoms with Gasteiger partial charge >= 0.3 is 0 Å². The minimum absolute atomic E-state index is 0.0213. The van der Waals surface area contributed by atoms with Crippen LogP contribution in [0.4, 0.5) is 0 Å². The molecule has 0 aromatic heterocycles. The van der Waals surface area contributed by atoms with Crippen molar-refractivity contribution in [3.8, 4) is 11.5 Å². The first-order valence-electron chi connectivity index (χ1n) is 7.19. The summed E-state index contributed by atoms with van der Waals surface area (Å²) in [6, 6.07) is 5.28. The van der Waals surface area contributed by atoms with Crippen molar-refractivity contribution in [1.82, 2.24) is 5.32 Å². The van der Waals surface area contributed by atoms with Gasteiger partial charge in [0, 0.05) is 12.1 Å². The van der Waals surface area contributed by atoms with Gasteiger partial charge in [0.15, 0.2) is 9.84 Å². The molecule has 6 nitrogen and oxygen atoms in total. The van der Waals surface area contributed by atoms with E-state index in [0.29, 0.717) is 17.9 Å². The van der Waals surface area contributed by atoms with E-state index in [9.17, 15) is 13.2 Å². The van der Waals surface area contributed by atoms with Gasteiger partial charge in [0.2, 0.25) is 5.91 Å². The maximum Gasteiger partial charge on any atom is 0.244 e. The fourth-order valence-electron chi connectivity index (χ4n) is 2.55. The average molecular weight is 339 g/mol. The number of rotatable bonds is 5. The Hall–Kier alpha value is -2.02. The molecule has 1 aliphatic heterocycles. The summed E-state index contributed by atoms with van der Waals surface area (Å²) < 4.78 is 33.4. The van der Waals surface area contributed by atoms with Crippen LogP contribution in [0.25, 0.3) is 6.08 Å². The first-order chi connectivity index (χ1) is 10.8. The first kappa shape index (κ1) is 17.3. The van der Waals surface area contributed by atoms with E-state index in [1.807, 2.05) is 0 Å². The molecule has 0 radical (unpaired) electrons. The fraction of sp³-hybridized carbons (Fsp3) is 0.438. The van der Waals surface area contributed by atoms with Crippen molar-refractivity contribution >= 4 is 21.8 Å². The summed E-state index contributed by atoms with van der Waals surface area (Å²) in [7, 11) is 0.0473. The van der Waals surface area contributed by atoms with Gasteiger partial charge in [-0.1, -0.05) is 0 Å². The largest absolute Gasteiger partial charge is 0.497 e. The lowest BCUT2D eigenvalue weighted by molar-refractivity contribution is -0.117. The number of ether oxygens (including phenoxy) is 2. The Labute approximate surface area is 136 Å². The van der Waals surface area contributed by atoms with Crippen molar-refractivity contribution in [3.63, 3.8) is 0 Å². The van der Waals surface area contributed by atoms with Crippen LogP contribution >= 0.6 is 0 Å². The molecule has 1 aliphatic rings. The normalized spacial score (nSPS) is 22.9. The molecule has 1 N–H and O–H groups in total. The van der Waals surface area contributed by atoms with Crippen molar-refractivity contribution in [2.45, 2.75) is 18.9 Å². The molecule has 1 unspecified atom stereocenters. The Morgan fingerprint density at radius 1 is 1.22 bits per heavy atom. The van der Waals surface area contributed by atoms with Gasteiger partial charge in [0.1, 0.15) is 11.5 Å². The summed E-state index contributed by atoms with van der Waals surface area (Å²) in [5, 5.41) is 2.77. The minimum atomic E-state index is -3.06. The SMILES string of the molecule is COc1cc(C=CC(=O)NC2(C)CCS(=O)(=O)C2)cc(OC)c1. The van der Waals surface area contributed by atoms with Crippen LogP contribution in [0.1, 0.15) is 18.9 Å². The van der Waals surface area contributed by atoms with Crippen molar-refractivity contribution in [2.75, 3.05) is 25.7 Å². The van der Waals surface area contributed by atoms with Gasteiger partial charge in [0.25, 0.3) is 0 Å². The lowest BCUT2D eigenvalue weighted by Gasteiger charge is -2.22. The summed E-state index contributed by atoms with van der Waals surface area (Å²) in [6.45, 7) is 1.75. The van der Waals surface area contributed by atoms with E-state index in [-0.39, 0.29) is 17.4 Å². The number of carbonyl (C=O) groups is 1. The summed E-state index contributed by atoms with van der Waals surface area (Å²) in [6.07, 6.45) is 3.44. The van der Waals surface area contributed by atoms with Crippen molar-refractivity contribution in [3.05, 3.63) is 29.8 Å². The maximum absolute atomic E-state index is 12.0. The van der Waals surface area contributed by atoms with Crippen LogP contribution < -0.4 is 14.8 Å². The number of nitrogens with one attached hydrogen (secondary N) is 1. The Morgan fingerprint density at radius 2 is 1.83 bits per heavy atom. The Bertz CT molecular complexity index is 704. The highest BCUT2D eigenvalue weighted by Gasteiger charge is 2.39. The second-order valence-corrected chi connectivity index (χ2v) is 8.06. The highest BCUT2D eigenvalue weighted by atomic mass is 32.2. The van der Waals surface area contributed by atoms with Crippen LogP contribution in [0.3, 0.4) is 0 Å². The summed E-state index contributed by atoms with van der Waals surface area (Å²) in [5.41, 5.74) is 0.0484. The number of hydrogen-bond acceptors (Lipinski definition) is 5. The quantitative estimate of drug-likeness (QED) is 0.820. The van der Waals surface area contributed by atoms with Crippen LogP contribution in [-0.2, 0) is 14.6 Å². The van der Waals surface area contributed by atoms with Gasteiger partial charge in [-0.05, 0) is 37.1 Å². The molecule has 1 fully saturated rings. The number of hydrogen-bond donors (Lipinski definition) is 1. The summed E-state index contributed by atoms with van der Waals surface area (Å²) >= 11 is 0. The smallest absolute Gasteiger partial charge is 0.244 e. The molecule has 0 saturated carbocycles. The van der Waals surface area contributed by atoms with E-state index in [0.717, 1.165) is 5.56 Å². The highest BCUT2D eigenvalue weighted by molar-refractivity contribution is 7.91. The third-order valence-corrected chi connectivity index (χ3v) is 5.63. The monoisotopic (exact) mass is 339 g/mol. The maximum atomic E-state index is 12.0. The van der Waals surface area contributed by atoms with Gasteiger partial charge in [-0.15, -0.1) is 0 Å². The van der Waals surface area contributed by atoms with Crippen molar-refractivity contribution in [1.29, 1.82) is 0 Å². The predicted molar refractivity (Wildman–Crippen MR) is 88.4 cm³/mol. The standard InChI is InChI=1S/C16H21NO5S/c1-16(6-7-23(19,20)11-16)17-15(18)5-4-12-8-13(21-2)10-14(9-12)22-3/h4-5,8-10H,6-7,11H2,1-3H3,(H,17,18). The first-order valence-corrected chi connectivity index (χ1v) is 9.01. The van der Waals surface area contributed by atoms with Gasteiger partial charge in [-0.2, -0.15) is 0 Å². The van der Waals surface area contributed by atoms with E-state index in [4.69, 9.17) is 9.47 Å². The van der Waals surface area contributed by atoms with Crippen LogP contribution in [0.15, 0.2) is 24.3 Å². The summed E-state index contributed by atoms with van der Waals surface area (Å²) in [4.78, 5) is 12.0. The number of carbonyl (C=O) groups excluding carboxylic acids is 1. The van der Waals surface area contributed by atoms with E-state index < -0.39 is 15.4 Å². The molecule has 2 rings (SSSR count). The zero-order valence-electron chi connectivity index (χ0n) is 13.5. The number of benzene rings is 1. The van der Waals surface area contributed by atoms with Gasteiger partial charge < -0.3 is 14.8 Å². The zero-order chi connectivity index (χ0) is 17.1. The van der Waals surface area contributed by atoms with E-state index in [1.165, 1.54) is 6.08 Å². The third-order valence-electron chi connectivity index (χ3n) is 3.73. The van der Waals surface area contributed by atoms with Crippen LogP contribution in [0, 0.1) is 0 Å². The zero-order valence-corrected chi connectivity index (χ0v) is 14.3. The molecule has 1 aromatic carbocycles. The van der Waals surface area contributed by atoms with E-state index in [1.54, 1.807) is 45.4 Å². The number of sulfone groups is 1. The fourth-order valence-corrected chi connectivity index (χ4v) is 4.64. The van der Waals surface area contributed by atoms with Gasteiger partial charge in [-0.3, -0.25) is 4.79 Å². The lowest BCUT2D eigenvalue weighted by atomic mass is 10.0. The molecule has 1 amide bonds. The van der Waals surface area contributed by atoms with E-state index >= 15 is 0 Å². The molecule has 0 bridgehead atoms. The Balaban J connectivity index is 2.07. The highest BCUT2D eigenvalue weighted by Crippen LogP contribution is 2.24. The average Bonchev–Trinajstić information content (AvgIpc) is 2.77. The Morgan fingerprint density at radius 3 is 2.30 bits per heavy atom. The second-order valence-electron chi connectivity index (χ2n) is 5.87. The molecule has 1 heterocycles. The predicted octanol–water partition coefficient (Wildman–Crippen LogP) is 1.41. The number of amides is 1. The Kier molecular flexibility index (Phi) is 4.99. The van der Waals surface area contributed by atoms with Gasteiger partial charge in [-0.25, -0.2) is 8.42 Å². The number of methoxy groups -OCH3 is 2. The molecular weight excluding hydrogens is 318 g/mol. The molecule has 23 heavy (non-hydrogen) atoms. The van der Waals surface area contributed by atoms with Crippen LogP contribution in [-0.4, -0.2) is 45.6 Å². The second kappa shape index (κ2) is 6.62. The molecule has 126 valence electrons. The molecule has 0 aliphatic carbocycles. The third kappa shape index (κ3) is 4.72. The molecule has 1 saturated heterocycles. The van der Waals surface area contributed by atoms with Crippen molar-refractivity contribution in [2.24, 2.45) is 0 Å². The topological polar surface area (TPSA) is 81.7 Å². The molecular formula is C16H21NO5S. The van der Waals surface area contributed by atoms with E-state index in [2.05, 4.69) is 5.32 Å². The molecule has 1 atom stereocenters. The van der Waals surface area contributed by atoms with Crippen LogP contribution in [0.2, 0.25) is 0 Å². The minimum Gasteiger partial charge on any atom is -0.497 e. The van der Waals surface area contributed by atoms with Crippen molar-refractivity contribution < 1.29 is 22.7 Å². The summed E-state index contributed by atoms with van der Waals surface area (Å²) in [5.74, 6) is 1.01. The van der Waals surface area contributed by atoms with Crippen LogP contribution in [0.5, 0.6) is 11.5 Å². The van der Waals surface area contributed by atoms with Gasteiger partial charge in [0.05, 0.1) is 31.3 Å². The molecule has 1 aromatic rings. The molecule has 7 heteroatoms. The lowest BCUT2D eigenvalue weighted by Crippen LogP contribution is -2.46.